The Hall–Kier alpha value is -0.800. The van der Waals surface area contributed by atoms with E-state index in [1.54, 1.807) is 19.1 Å². The standard InChI is InChI=1S/C8H12O3/c1-8(5-9,6-10)7-3-2-4-11-7/h2-4,9-10H,5-6H2,1H3. The maximum absolute atomic E-state index is 8.94. The van der Waals surface area contributed by atoms with Gasteiger partial charge in [0.1, 0.15) is 5.76 Å². The van der Waals surface area contributed by atoms with Gasteiger partial charge >= 0.3 is 0 Å². The molecule has 0 aliphatic heterocycles. The second-order valence-corrected chi connectivity index (χ2v) is 2.85. The SMILES string of the molecule is CC(CO)(CO)c1ccco1. The Balaban J connectivity index is 2.87. The number of furan rings is 1. The zero-order valence-electron chi connectivity index (χ0n) is 6.45. The molecule has 0 aliphatic carbocycles. The van der Waals surface area contributed by atoms with Crippen LogP contribution in [0.25, 0.3) is 0 Å². The highest BCUT2D eigenvalue weighted by Gasteiger charge is 2.27. The molecular formula is C8H12O3. The Morgan fingerprint density at radius 1 is 1.45 bits per heavy atom. The first kappa shape index (κ1) is 8.30. The molecule has 3 heteroatoms. The molecule has 0 aliphatic rings. The van der Waals surface area contributed by atoms with Gasteiger partial charge in [-0.3, -0.25) is 0 Å². The van der Waals surface area contributed by atoms with Crippen LogP contribution in [0.2, 0.25) is 0 Å². The van der Waals surface area contributed by atoms with Crippen LogP contribution in [0.4, 0.5) is 0 Å². The van der Waals surface area contributed by atoms with Crippen molar-refractivity contribution in [2.45, 2.75) is 12.3 Å². The Labute approximate surface area is 65.3 Å². The lowest BCUT2D eigenvalue weighted by molar-refractivity contribution is 0.112. The Morgan fingerprint density at radius 3 is 2.45 bits per heavy atom. The number of rotatable bonds is 3. The van der Waals surface area contributed by atoms with E-state index < -0.39 is 5.41 Å². The Bertz CT molecular complexity index is 199. The molecule has 0 saturated heterocycles. The van der Waals surface area contributed by atoms with E-state index in [-0.39, 0.29) is 13.2 Å². The Kier molecular flexibility index (Phi) is 2.31. The molecule has 0 bridgehead atoms. The van der Waals surface area contributed by atoms with Crippen molar-refractivity contribution in [1.29, 1.82) is 0 Å². The molecule has 62 valence electrons. The van der Waals surface area contributed by atoms with Crippen molar-refractivity contribution < 1.29 is 14.6 Å². The summed E-state index contributed by atoms with van der Waals surface area (Å²) in [4.78, 5) is 0. The number of aliphatic hydroxyl groups excluding tert-OH is 2. The fraction of sp³-hybridized carbons (Fsp3) is 0.500. The lowest BCUT2D eigenvalue weighted by atomic mass is 9.90. The summed E-state index contributed by atoms with van der Waals surface area (Å²) in [6.45, 7) is 1.51. The Morgan fingerprint density at radius 2 is 2.09 bits per heavy atom. The second-order valence-electron chi connectivity index (χ2n) is 2.85. The van der Waals surface area contributed by atoms with E-state index in [1.165, 1.54) is 6.26 Å². The van der Waals surface area contributed by atoms with Crippen molar-refractivity contribution in [1.82, 2.24) is 0 Å². The molecule has 0 fully saturated rings. The van der Waals surface area contributed by atoms with Gasteiger partial charge in [0.05, 0.1) is 24.9 Å². The highest BCUT2D eigenvalue weighted by atomic mass is 16.3. The van der Waals surface area contributed by atoms with Crippen LogP contribution in [0.3, 0.4) is 0 Å². The highest BCUT2D eigenvalue weighted by molar-refractivity contribution is 5.12. The van der Waals surface area contributed by atoms with Gasteiger partial charge in [-0.15, -0.1) is 0 Å². The third-order valence-electron chi connectivity index (χ3n) is 1.81. The van der Waals surface area contributed by atoms with Crippen LogP contribution in [0, 0.1) is 0 Å². The van der Waals surface area contributed by atoms with Crippen molar-refractivity contribution >= 4 is 0 Å². The van der Waals surface area contributed by atoms with Gasteiger partial charge in [-0.2, -0.15) is 0 Å². The third-order valence-corrected chi connectivity index (χ3v) is 1.81. The van der Waals surface area contributed by atoms with Gasteiger partial charge in [0.25, 0.3) is 0 Å². The summed E-state index contributed by atoms with van der Waals surface area (Å²) < 4.78 is 5.06. The molecule has 1 rings (SSSR count). The molecule has 0 spiro atoms. The van der Waals surface area contributed by atoms with E-state index in [4.69, 9.17) is 14.6 Å². The van der Waals surface area contributed by atoms with Gasteiger partial charge in [0.15, 0.2) is 0 Å². The van der Waals surface area contributed by atoms with Gasteiger partial charge in [-0.25, -0.2) is 0 Å². The monoisotopic (exact) mass is 156 g/mol. The average Bonchev–Trinajstić information content (AvgIpc) is 2.55. The first-order chi connectivity index (χ1) is 5.23. The van der Waals surface area contributed by atoms with Crippen LogP contribution < -0.4 is 0 Å². The van der Waals surface area contributed by atoms with Gasteiger partial charge in [-0.05, 0) is 19.1 Å². The van der Waals surface area contributed by atoms with E-state index in [2.05, 4.69) is 0 Å². The predicted octanol–water partition coefficient (Wildman–Crippen LogP) is 0.522. The van der Waals surface area contributed by atoms with Crippen LogP contribution >= 0.6 is 0 Å². The molecule has 0 atom stereocenters. The quantitative estimate of drug-likeness (QED) is 0.670. The van der Waals surface area contributed by atoms with E-state index in [9.17, 15) is 0 Å². The van der Waals surface area contributed by atoms with Crippen LogP contribution in [0.1, 0.15) is 12.7 Å². The average molecular weight is 156 g/mol. The van der Waals surface area contributed by atoms with Crippen LogP contribution in [-0.4, -0.2) is 23.4 Å². The molecule has 0 unspecified atom stereocenters. The fourth-order valence-corrected chi connectivity index (χ4v) is 0.828. The van der Waals surface area contributed by atoms with Crippen LogP contribution in [0.15, 0.2) is 22.8 Å². The number of aliphatic hydroxyl groups is 2. The van der Waals surface area contributed by atoms with E-state index in [1.807, 2.05) is 0 Å². The first-order valence-corrected chi connectivity index (χ1v) is 3.48. The van der Waals surface area contributed by atoms with Gasteiger partial charge in [0.2, 0.25) is 0 Å². The molecule has 0 radical (unpaired) electrons. The van der Waals surface area contributed by atoms with Gasteiger partial charge in [-0.1, -0.05) is 0 Å². The van der Waals surface area contributed by atoms with E-state index >= 15 is 0 Å². The highest BCUT2D eigenvalue weighted by Crippen LogP contribution is 2.22. The van der Waals surface area contributed by atoms with E-state index in [0.717, 1.165) is 0 Å². The van der Waals surface area contributed by atoms with Crippen molar-refractivity contribution in [3.8, 4) is 0 Å². The molecule has 0 saturated carbocycles. The zero-order chi connectivity index (χ0) is 8.32. The lowest BCUT2D eigenvalue weighted by Gasteiger charge is -2.21. The zero-order valence-corrected chi connectivity index (χ0v) is 6.45. The minimum Gasteiger partial charge on any atom is -0.469 e. The maximum Gasteiger partial charge on any atom is 0.114 e. The summed E-state index contributed by atoms with van der Waals surface area (Å²) in [5.41, 5.74) is -0.649. The minimum absolute atomic E-state index is 0.114. The summed E-state index contributed by atoms with van der Waals surface area (Å²) in [7, 11) is 0. The summed E-state index contributed by atoms with van der Waals surface area (Å²) in [5.74, 6) is 0.613. The molecule has 1 heterocycles. The predicted molar refractivity (Wildman–Crippen MR) is 40.2 cm³/mol. The van der Waals surface area contributed by atoms with Gasteiger partial charge < -0.3 is 14.6 Å². The summed E-state index contributed by atoms with van der Waals surface area (Å²) in [6.07, 6.45) is 1.53. The molecule has 0 aromatic carbocycles. The molecule has 0 amide bonds. The fourth-order valence-electron chi connectivity index (χ4n) is 0.828. The van der Waals surface area contributed by atoms with Crippen LogP contribution in [-0.2, 0) is 5.41 Å². The minimum atomic E-state index is -0.649. The number of hydrogen-bond acceptors (Lipinski definition) is 3. The normalized spacial score (nSPS) is 11.9. The molecule has 11 heavy (non-hydrogen) atoms. The second kappa shape index (κ2) is 3.07. The van der Waals surface area contributed by atoms with Crippen molar-refractivity contribution in [3.63, 3.8) is 0 Å². The molecule has 3 nitrogen and oxygen atoms in total. The largest absolute Gasteiger partial charge is 0.469 e. The van der Waals surface area contributed by atoms with E-state index in [0.29, 0.717) is 5.76 Å². The molecule has 2 N–H and O–H groups in total. The third kappa shape index (κ3) is 1.44. The van der Waals surface area contributed by atoms with Crippen molar-refractivity contribution in [2.24, 2.45) is 0 Å². The molecule has 1 aromatic rings. The lowest BCUT2D eigenvalue weighted by Crippen LogP contribution is -2.30. The maximum atomic E-state index is 8.94. The van der Waals surface area contributed by atoms with Crippen molar-refractivity contribution in [2.75, 3.05) is 13.2 Å². The smallest absolute Gasteiger partial charge is 0.114 e. The molecule has 1 aromatic heterocycles. The topological polar surface area (TPSA) is 53.6 Å². The van der Waals surface area contributed by atoms with Crippen LogP contribution in [0.5, 0.6) is 0 Å². The number of hydrogen-bond donors (Lipinski definition) is 2. The van der Waals surface area contributed by atoms with Crippen molar-refractivity contribution in [3.05, 3.63) is 24.2 Å². The summed E-state index contributed by atoms with van der Waals surface area (Å²) in [5, 5.41) is 17.9. The summed E-state index contributed by atoms with van der Waals surface area (Å²) in [6, 6.07) is 3.48. The summed E-state index contributed by atoms with van der Waals surface area (Å²) >= 11 is 0. The first-order valence-electron chi connectivity index (χ1n) is 3.48. The molecular weight excluding hydrogens is 144 g/mol. The van der Waals surface area contributed by atoms with Gasteiger partial charge in [0, 0.05) is 0 Å².